The van der Waals surface area contributed by atoms with Crippen molar-refractivity contribution in [1.29, 1.82) is 0 Å². The Hall–Kier alpha value is -2.72. The van der Waals surface area contributed by atoms with Crippen LogP contribution in [0.5, 0.6) is 5.75 Å². The first-order valence-corrected chi connectivity index (χ1v) is 12.1. The van der Waals surface area contributed by atoms with E-state index in [0.29, 0.717) is 12.2 Å². The summed E-state index contributed by atoms with van der Waals surface area (Å²) in [6, 6.07) is 9.98. The van der Waals surface area contributed by atoms with Crippen molar-refractivity contribution in [3.63, 3.8) is 0 Å². The zero-order chi connectivity index (χ0) is 24.0. The van der Waals surface area contributed by atoms with Crippen LogP contribution in [0.25, 0.3) is 0 Å². The molecule has 1 aliphatic heterocycles. The lowest BCUT2D eigenvalue weighted by Crippen LogP contribution is -2.30. The lowest BCUT2D eigenvalue weighted by atomic mass is 10.1. The van der Waals surface area contributed by atoms with Crippen LogP contribution in [-0.4, -0.2) is 40.9 Å². The van der Waals surface area contributed by atoms with E-state index in [4.69, 9.17) is 24.3 Å². The summed E-state index contributed by atoms with van der Waals surface area (Å²) < 4.78 is 36.9. The van der Waals surface area contributed by atoms with Gasteiger partial charge >= 0.3 is 19.4 Å². The summed E-state index contributed by atoms with van der Waals surface area (Å²) in [5.74, 6) is -0.192. The molecule has 11 nitrogen and oxygen atoms in total. The number of nitrogens with two attached hydrogens (primary N) is 1. The summed E-state index contributed by atoms with van der Waals surface area (Å²) >= 11 is 0. The zero-order valence-corrected chi connectivity index (χ0v) is 19.6. The number of benzene rings is 1. The molecule has 12 heteroatoms. The Morgan fingerprint density at radius 3 is 2.73 bits per heavy atom. The van der Waals surface area contributed by atoms with Crippen molar-refractivity contribution in [2.45, 2.75) is 45.6 Å². The summed E-state index contributed by atoms with van der Waals surface area (Å²) in [4.78, 5) is 27.8. The normalized spacial score (nSPS) is 22.1. The third-order valence-corrected chi connectivity index (χ3v) is 6.25. The first-order valence-electron chi connectivity index (χ1n) is 10.6. The number of nitrogens with zero attached hydrogens (tertiary/aromatic N) is 2. The molecule has 2 heterocycles. The Morgan fingerprint density at radius 2 is 2.06 bits per heavy atom. The van der Waals surface area contributed by atoms with E-state index >= 15 is 0 Å². The number of hydrogen-bond acceptors (Lipinski definition) is 9. The number of ether oxygens (including phenoxy) is 2. The third kappa shape index (κ3) is 7.13. The van der Waals surface area contributed by atoms with Gasteiger partial charge < -0.3 is 19.7 Å². The Morgan fingerprint density at radius 1 is 1.33 bits per heavy atom. The molecule has 180 valence electrons. The quantitative estimate of drug-likeness (QED) is 0.384. The highest BCUT2D eigenvalue weighted by Crippen LogP contribution is 2.45. The van der Waals surface area contributed by atoms with E-state index in [1.807, 2.05) is 6.92 Å². The lowest BCUT2D eigenvalue weighted by molar-refractivity contribution is -0.145. The van der Waals surface area contributed by atoms with Crippen molar-refractivity contribution < 1.29 is 27.9 Å². The van der Waals surface area contributed by atoms with Gasteiger partial charge in [0.15, 0.2) is 0 Å². The molecule has 0 radical (unpaired) electrons. The molecule has 1 aliphatic rings. The van der Waals surface area contributed by atoms with Gasteiger partial charge in [0, 0.05) is 12.1 Å². The molecule has 1 aromatic heterocycles. The van der Waals surface area contributed by atoms with E-state index in [1.54, 1.807) is 44.2 Å². The number of anilines is 1. The van der Waals surface area contributed by atoms with Crippen LogP contribution >= 0.6 is 7.75 Å². The number of para-hydroxylation sites is 1. The van der Waals surface area contributed by atoms with Gasteiger partial charge in [0.05, 0.1) is 18.8 Å². The van der Waals surface area contributed by atoms with Gasteiger partial charge in [0.1, 0.15) is 24.3 Å². The summed E-state index contributed by atoms with van der Waals surface area (Å²) in [6.07, 6.45) is 0.725. The summed E-state index contributed by atoms with van der Waals surface area (Å²) in [5, 5.41) is 2.55. The highest BCUT2D eigenvalue weighted by Gasteiger charge is 2.37. The lowest BCUT2D eigenvalue weighted by Gasteiger charge is -2.22. The summed E-state index contributed by atoms with van der Waals surface area (Å²) in [7, 11) is -3.95. The number of aromatic nitrogens is 2. The number of carbonyl (C=O) groups is 1. The maximum atomic E-state index is 13.4. The number of rotatable bonds is 10. The third-order valence-electron chi connectivity index (χ3n) is 4.76. The van der Waals surface area contributed by atoms with Gasteiger partial charge in [-0.15, -0.1) is 0 Å². The minimum absolute atomic E-state index is 0.0369. The summed E-state index contributed by atoms with van der Waals surface area (Å²) in [6.45, 7) is 4.90. The van der Waals surface area contributed by atoms with Crippen molar-refractivity contribution in [2.75, 3.05) is 18.9 Å². The molecule has 1 saturated heterocycles. The molecule has 1 fully saturated rings. The number of nitrogens with one attached hydrogen (secondary N) is 1. The molecule has 0 aliphatic carbocycles. The first-order chi connectivity index (χ1) is 15.6. The molecule has 3 rings (SSSR count). The fraction of sp³-hybridized carbons (Fsp3) is 0.476. The van der Waals surface area contributed by atoms with Crippen molar-refractivity contribution in [2.24, 2.45) is 5.92 Å². The maximum absolute atomic E-state index is 13.4. The first kappa shape index (κ1) is 24.9. The SMILES string of the molecule is CC(C)OC(=O)CNP(=O)(OCC1CC(C)C(n2ccc(N)nc2=O)O1)Oc1ccccc1. The van der Waals surface area contributed by atoms with Gasteiger partial charge in [-0.1, -0.05) is 25.1 Å². The van der Waals surface area contributed by atoms with Gasteiger partial charge in [0.25, 0.3) is 0 Å². The van der Waals surface area contributed by atoms with Crippen molar-refractivity contribution in [3.05, 3.63) is 53.1 Å². The average molecular weight is 480 g/mol. The fourth-order valence-electron chi connectivity index (χ4n) is 3.36. The number of carbonyl (C=O) groups excluding carboxylic acids is 1. The van der Waals surface area contributed by atoms with Crippen LogP contribution in [0.3, 0.4) is 0 Å². The largest absolute Gasteiger partial charge is 0.462 e. The Kier molecular flexibility index (Phi) is 8.25. The van der Waals surface area contributed by atoms with Crippen LogP contribution in [0.1, 0.15) is 33.4 Å². The van der Waals surface area contributed by atoms with Crippen LogP contribution in [0.2, 0.25) is 0 Å². The number of nitrogen functional groups attached to an aromatic ring is 1. The maximum Gasteiger partial charge on any atom is 0.459 e. The van der Waals surface area contributed by atoms with E-state index < -0.39 is 31.7 Å². The molecule has 33 heavy (non-hydrogen) atoms. The van der Waals surface area contributed by atoms with Gasteiger partial charge in [-0.25, -0.2) is 14.4 Å². The average Bonchev–Trinajstić information content (AvgIpc) is 3.12. The van der Waals surface area contributed by atoms with Crippen LogP contribution in [0.15, 0.2) is 47.4 Å². The van der Waals surface area contributed by atoms with Crippen LogP contribution in [0, 0.1) is 5.92 Å². The van der Waals surface area contributed by atoms with E-state index in [-0.39, 0.29) is 31.0 Å². The molecule has 3 N–H and O–H groups in total. The Balaban J connectivity index is 1.66. The molecule has 4 atom stereocenters. The predicted molar refractivity (Wildman–Crippen MR) is 120 cm³/mol. The highest BCUT2D eigenvalue weighted by atomic mass is 31.2. The minimum Gasteiger partial charge on any atom is -0.462 e. The molecule has 0 amide bonds. The van der Waals surface area contributed by atoms with Crippen LogP contribution < -0.4 is 21.0 Å². The predicted octanol–water partition coefficient (Wildman–Crippen LogP) is 2.49. The van der Waals surface area contributed by atoms with E-state index in [1.165, 1.54) is 16.8 Å². The van der Waals surface area contributed by atoms with Gasteiger partial charge in [-0.3, -0.25) is 13.9 Å². The van der Waals surface area contributed by atoms with Gasteiger partial charge in [-0.05, 0) is 38.5 Å². The standard InChI is InChI=1S/C21H29N4O7P/c1-14(2)30-19(26)12-23-33(28,32-16-7-5-4-6-8-16)29-13-17-11-15(3)20(31-17)25-10-9-18(22)24-21(25)27/h4-10,14-15,17,20H,11-13H2,1-3H3,(H,23,28)(H2,22,24,27). The molecule has 1 aromatic carbocycles. The Labute approximate surface area is 191 Å². The molecule has 4 unspecified atom stereocenters. The van der Waals surface area contributed by atoms with E-state index in [0.717, 1.165) is 0 Å². The molecular weight excluding hydrogens is 451 g/mol. The summed E-state index contributed by atoms with van der Waals surface area (Å²) in [5.41, 5.74) is 5.04. The Bertz CT molecular complexity index is 1050. The van der Waals surface area contributed by atoms with Crippen molar-refractivity contribution in [3.8, 4) is 5.75 Å². The van der Waals surface area contributed by atoms with Crippen molar-refractivity contribution in [1.82, 2.24) is 14.6 Å². The second-order valence-electron chi connectivity index (χ2n) is 7.97. The van der Waals surface area contributed by atoms with E-state index in [2.05, 4.69) is 10.1 Å². The highest BCUT2D eigenvalue weighted by molar-refractivity contribution is 7.52. The topological polar surface area (TPSA) is 144 Å². The van der Waals surface area contributed by atoms with Gasteiger partial charge in [0.2, 0.25) is 0 Å². The van der Waals surface area contributed by atoms with Gasteiger partial charge in [-0.2, -0.15) is 4.98 Å². The molecule has 0 saturated carbocycles. The molecule has 0 spiro atoms. The second-order valence-corrected chi connectivity index (χ2v) is 9.73. The second kappa shape index (κ2) is 10.9. The van der Waals surface area contributed by atoms with Crippen LogP contribution in [-0.2, 0) is 23.4 Å². The smallest absolute Gasteiger partial charge is 0.459 e. The van der Waals surface area contributed by atoms with Crippen LogP contribution in [0.4, 0.5) is 5.82 Å². The monoisotopic (exact) mass is 480 g/mol. The zero-order valence-electron chi connectivity index (χ0n) is 18.7. The minimum atomic E-state index is -3.95. The molecule has 0 bridgehead atoms. The number of hydrogen-bond donors (Lipinski definition) is 2. The van der Waals surface area contributed by atoms with E-state index in [9.17, 15) is 14.2 Å². The van der Waals surface area contributed by atoms with Crippen molar-refractivity contribution >= 4 is 19.5 Å². The molecular formula is C21H29N4O7P. The molecule has 2 aromatic rings. The number of esters is 1. The fourth-order valence-corrected chi connectivity index (χ4v) is 4.65.